The molecule has 1 aliphatic heterocycles. The molecule has 2 N–H and O–H groups in total. The number of hydrogen-bond donors (Lipinski definition) is 2. The van der Waals surface area contributed by atoms with Crippen LogP contribution in [0.3, 0.4) is 0 Å². The second-order valence-electron chi connectivity index (χ2n) is 6.60. The first-order valence-corrected chi connectivity index (χ1v) is 8.75. The molecule has 138 valence electrons. The molecule has 0 radical (unpaired) electrons. The molecule has 0 bridgehead atoms. The van der Waals surface area contributed by atoms with Gasteiger partial charge in [-0.25, -0.2) is 9.97 Å². The number of aliphatic hydroxyl groups is 1. The van der Waals surface area contributed by atoms with Gasteiger partial charge in [0.15, 0.2) is 0 Å². The second-order valence-corrected chi connectivity index (χ2v) is 6.60. The average Bonchev–Trinajstić information content (AvgIpc) is 3.04. The lowest BCUT2D eigenvalue weighted by Gasteiger charge is -2.24. The third-order valence-electron chi connectivity index (χ3n) is 4.40. The van der Waals surface area contributed by atoms with E-state index in [0.717, 1.165) is 17.3 Å². The summed E-state index contributed by atoms with van der Waals surface area (Å²) in [5.74, 6) is 1.41. The van der Waals surface area contributed by atoms with E-state index >= 15 is 0 Å². The van der Waals surface area contributed by atoms with Crippen molar-refractivity contribution < 1.29 is 14.6 Å². The van der Waals surface area contributed by atoms with Gasteiger partial charge in [-0.1, -0.05) is 18.2 Å². The van der Waals surface area contributed by atoms with Gasteiger partial charge in [-0.2, -0.15) is 0 Å². The van der Waals surface area contributed by atoms with Gasteiger partial charge in [-0.15, -0.1) is 0 Å². The van der Waals surface area contributed by atoms with E-state index in [9.17, 15) is 9.90 Å². The molecular formula is C19H24N4O3. The smallest absolute Gasteiger partial charge is 0.223 e. The molecule has 0 spiro atoms. The van der Waals surface area contributed by atoms with Crippen LogP contribution in [0.5, 0.6) is 5.75 Å². The van der Waals surface area contributed by atoms with Crippen LogP contribution >= 0.6 is 0 Å². The van der Waals surface area contributed by atoms with Crippen molar-refractivity contribution in [2.75, 3.05) is 31.1 Å². The highest BCUT2D eigenvalue weighted by atomic mass is 16.5. The van der Waals surface area contributed by atoms with Crippen molar-refractivity contribution in [2.24, 2.45) is 0 Å². The van der Waals surface area contributed by atoms with Crippen molar-refractivity contribution in [3.8, 4) is 5.75 Å². The Morgan fingerprint density at radius 1 is 1.35 bits per heavy atom. The number of ether oxygens (including phenoxy) is 1. The molecule has 1 fully saturated rings. The zero-order chi connectivity index (χ0) is 18.4. The molecule has 2 heterocycles. The summed E-state index contributed by atoms with van der Waals surface area (Å²) in [7, 11) is 0. The molecule has 1 aromatic carbocycles. The van der Waals surface area contributed by atoms with Crippen LogP contribution in [0.15, 0.2) is 42.7 Å². The SMILES string of the molecule is Cc1cc(N2CCC(O)(CNC(=O)CCOc3ccccc3)C2)ncn1. The molecule has 3 rings (SSSR count). The molecule has 7 heteroatoms. The topological polar surface area (TPSA) is 87.6 Å². The van der Waals surface area contributed by atoms with E-state index in [4.69, 9.17) is 4.74 Å². The van der Waals surface area contributed by atoms with E-state index in [1.54, 1.807) is 0 Å². The number of amides is 1. The van der Waals surface area contributed by atoms with E-state index in [2.05, 4.69) is 15.3 Å². The molecule has 1 unspecified atom stereocenters. The molecule has 1 atom stereocenters. The zero-order valence-electron chi connectivity index (χ0n) is 14.9. The summed E-state index contributed by atoms with van der Waals surface area (Å²) in [6, 6.07) is 11.3. The first-order chi connectivity index (χ1) is 12.5. The molecule has 1 aromatic heterocycles. The van der Waals surface area contributed by atoms with E-state index in [1.165, 1.54) is 6.33 Å². The minimum atomic E-state index is -0.950. The number of nitrogens with zero attached hydrogens (tertiary/aromatic N) is 3. The maximum absolute atomic E-state index is 12.0. The third-order valence-corrected chi connectivity index (χ3v) is 4.40. The highest BCUT2D eigenvalue weighted by Gasteiger charge is 2.36. The van der Waals surface area contributed by atoms with Gasteiger partial charge in [0, 0.05) is 31.4 Å². The van der Waals surface area contributed by atoms with Crippen LogP contribution in [0.4, 0.5) is 5.82 Å². The summed E-state index contributed by atoms with van der Waals surface area (Å²) in [5.41, 5.74) is -0.0633. The Bertz CT molecular complexity index is 741. The van der Waals surface area contributed by atoms with Crippen molar-refractivity contribution >= 4 is 11.7 Å². The number of rotatable bonds is 7. The normalized spacial score (nSPS) is 19.4. The second kappa shape index (κ2) is 8.14. The van der Waals surface area contributed by atoms with Crippen LogP contribution in [-0.2, 0) is 4.79 Å². The van der Waals surface area contributed by atoms with E-state index in [0.29, 0.717) is 26.1 Å². The third kappa shape index (κ3) is 4.92. The van der Waals surface area contributed by atoms with Gasteiger partial charge in [0.05, 0.1) is 13.0 Å². The van der Waals surface area contributed by atoms with Crippen molar-refractivity contribution in [1.82, 2.24) is 15.3 Å². The van der Waals surface area contributed by atoms with Gasteiger partial charge in [-0.05, 0) is 25.5 Å². The Morgan fingerprint density at radius 3 is 2.92 bits per heavy atom. The molecule has 1 aliphatic rings. The molecule has 7 nitrogen and oxygen atoms in total. The molecule has 1 amide bonds. The van der Waals surface area contributed by atoms with Gasteiger partial charge in [0.2, 0.25) is 5.91 Å². The maximum atomic E-state index is 12.0. The van der Waals surface area contributed by atoms with E-state index in [1.807, 2.05) is 48.2 Å². The average molecular weight is 356 g/mol. The predicted octanol–water partition coefficient (Wildman–Crippen LogP) is 1.31. The zero-order valence-corrected chi connectivity index (χ0v) is 14.9. The standard InChI is InChI=1S/C19H24N4O3/c1-15-11-17(22-14-21-15)23-9-8-19(25,13-23)12-20-18(24)7-10-26-16-5-3-2-4-6-16/h2-6,11,14,25H,7-10,12-13H2,1H3,(H,20,24). The summed E-state index contributed by atoms with van der Waals surface area (Å²) in [4.78, 5) is 22.3. The van der Waals surface area contributed by atoms with Gasteiger partial charge < -0.3 is 20.1 Å². The summed E-state index contributed by atoms with van der Waals surface area (Å²) in [6.45, 7) is 3.56. The molecule has 1 saturated heterocycles. The Balaban J connectivity index is 1.42. The molecule has 2 aromatic rings. The van der Waals surface area contributed by atoms with Gasteiger partial charge >= 0.3 is 0 Å². The number of anilines is 1. The predicted molar refractivity (Wildman–Crippen MR) is 98.1 cm³/mol. The lowest BCUT2D eigenvalue weighted by molar-refractivity contribution is -0.122. The number of benzene rings is 1. The van der Waals surface area contributed by atoms with Gasteiger partial charge in [0.25, 0.3) is 0 Å². The number of β-amino-alcohol motifs (C(OH)–C–C–N with tert-alkyl or cyclic N) is 1. The number of hydrogen-bond acceptors (Lipinski definition) is 6. The van der Waals surface area contributed by atoms with E-state index < -0.39 is 5.60 Å². The quantitative estimate of drug-likeness (QED) is 0.778. The fourth-order valence-corrected chi connectivity index (χ4v) is 2.94. The highest BCUT2D eigenvalue weighted by Crippen LogP contribution is 2.25. The number of para-hydroxylation sites is 1. The fourth-order valence-electron chi connectivity index (χ4n) is 2.94. The largest absolute Gasteiger partial charge is 0.493 e. The van der Waals surface area contributed by atoms with Crippen molar-refractivity contribution in [3.05, 3.63) is 48.4 Å². The number of aromatic nitrogens is 2. The first kappa shape index (κ1) is 18.1. The number of aryl methyl sites for hydroxylation is 1. The molecule has 26 heavy (non-hydrogen) atoms. The summed E-state index contributed by atoms with van der Waals surface area (Å²) in [5, 5.41) is 13.5. The first-order valence-electron chi connectivity index (χ1n) is 8.75. The lowest BCUT2D eigenvalue weighted by atomic mass is 10.0. The Morgan fingerprint density at radius 2 is 2.15 bits per heavy atom. The summed E-state index contributed by atoms with van der Waals surface area (Å²) >= 11 is 0. The Kier molecular flexibility index (Phi) is 5.68. The highest BCUT2D eigenvalue weighted by molar-refractivity contribution is 5.76. The summed E-state index contributed by atoms with van der Waals surface area (Å²) < 4.78 is 5.51. The molecule has 0 saturated carbocycles. The summed E-state index contributed by atoms with van der Waals surface area (Å²) in [6.07, 6.45) is 2.35. The molecule has 0 aliphatic carbocycles. The minimum Gasteiger partial charge on any atom is -0.493 e. The van der Waals surface area contributed by atoms with E-state index in [-0.39, 0.29) is 18.9 Å². The maximum Gasteiger partial charge on any atom is 0.223 e. The number of nitrogens with one attached hydrogen (secondary N) is 1. The lowest BCUT2D eigenvalue weighted by Crippen LogP contribution is -2.45. The Hall–Kier alpha value is -2.67. The van der Waals surface area contributed by atoms with Crippen molar-refractivity contribution in [1.29, 1.82) is 0 Å². The number of carbonyl (C=O) groups excluding carboxylic acids is 1. The van der Waals surface area contributed by atoms with Crippen LogP contribution in [-0.4, -0.2) is 52.8 Å². The van der Waals surface area contributed by atoms with Crippen LogP contribution in [0, 0.1) is 6.92 Å². The van der Waals surface area contributed by atoms with Crippen LogP contribution in [0.1, 0.15) is 18.5 Å². The fraction of sp³-hybridized carbons (Fsp3) is 0.421. The van der Waals surface area contributed by atoms with Crippen LogP contribution in [0.25, 0.3) is 0 Å². The Labute approximate surface area is 153 Å². The van der Waals surface area contributed by atoms with Crippen LogP contribution < -0.4 is 15.0 Å². The van der Waals surface area contributed by atoms with Gasteiger partial charge in [0.1, 0.15) is 23.5 Å². The van der Waals surface area contributed by atoms with Crippen molar-refractivity contribution in [2.45, 2.75) is 25.4 Å². The number of carbonyl (C=O) groups is 1. The monoisotopic (exact) mass is 356 g/mol. The minimum absolute atomic E-state index is 0.134. The molecular weight excluding hydrogens is 332 g/mol. The van der Waals surface area contributed by atoms with Crippen molar-refractivity contribution in [3.63, 3.8) is 0 Å². The van der Waals surface area contributed by atoms with Gasteiger partial charge in [-0.3, -0.25) is 4.79 Å². The van der Waals surface area contributed by atoms with Crippen LogP contribution in [0.2, 0.25) is 0 Å².